The first-order valence-corrected chi connectivity index (χ1v) is 11.9. The first kappa shape index (κ1) is 20.7. The highest BCUT2D eigenvalue weighted by Crippen LogP contribution is 2.43. The van der Waals surface area contributed by atoms with Crippen LogP contribution in [0.1, 0.15) is 45.6 Å². The first-order valence-electron chi connectivity index (χ1n) is 11.9. The zero-order valence-electron chi connectivity index (χ0n) is 19.4. The van der Waals surface area contributed by atoms with Gasteiger partial charge in [0.05, 0.1) is 6.04 Å². The van der Waals surface area contributed by atoms with E-state index in [1.54, 1.807) is 4.90 Å². The van der Waals surface area contributed by atoms with E-state index in [9.17, 15) is 9.59 Å². The summed E-state index contributed by atoms with van der Waals surface area (Å²) in [5, 5.41) is 1.11. The van der Waals surface area contributed by atoms with Gasteiger partial charge in [-0.3, -0.25) is 9.59 Å². The molecular weight excluding hydrogens is 422 g/mol. The van der Waals surface area contributed by atoms with Crippen LogP contribution in [0, 0.1) is 0 Å². The molecule has 0 radical (unpaired) electrons. The molecule has 34 heavy (non-hydrogen) atoms. The smallest absolute Gasteiger partial charge is 0.255 e. The summed E-state index contributed by atoms with van der Waals surface area (Å²) < 4.78 is 2.10. The Morgan fingerprint density at radius 1 is 0.912 bits per heavy atom. The van der Waals surface area contributed by atoms with E-state index in [4.69, 9.17) is 0 Å². The maximum absolute atomic E-state index is 13.8. The lowest BCUT2D eigenvalue weighted by atomic mass is 9.96. The molecule has 3 heterocycles. The molecule has 0 bridgehead atoms. The number of fused-ring (bicyclic) bond motifs is 3. The highest BCUT2D eigenvalue weighted by molar-refractivity contribution is 6.03. The van der Waals surface area contributed by atoms with Crippen molar-refractivity contribution in [2.75, 3.05) is 6.54 Å². The molecule has 0 saturated heterocycles. The van der Waals surface area contributed by atoms with Gasteiger partial charge >= 0.3 is 0 Å². The Hall–Kier alpha value is -3.86. The Morgan fingerprint density at radius 3 is 2.47 bits per heavy atom. The number of carbonyl (C=O) groups excluding carboxylic acids is 2. The minimum atomic E-state index is -0.575. The van der Waals surface area contributed by atoms with Crippen molar-refractivity contribution in [1.82, 2.24) is 14.4 Å². The van der Waals surface area contributed by atoms with Gasteiger partial charge in [-0.05, 0) is 42.2 Å². The minimum Gasteiger partial charge on any atom is -0.350 e. The van der Waals surface area contributed by atoms with Crippen molar-refractivity contribution in [3.05, 3.63) is 107 Å². The van der Waals surface area contributed by atoms with Gasteiger partial charge in [0.25, 0.3) is 5.91 Å². The van der Waals surface area contributed by atoms with Gasteiger partial charge in [0.15, 0.2) is 0 Å². The van der Waals surface area contributed by atoms with Crippen LogP contribution in [-0.4, -0.2) is 38.8 Å². The molecule has 2 aliphatic rings. The summed E-state index contributed by atoms with van der Waals surface area (Å²) in [4.78, 5) is 31.2. The van der Waals surface area contributed by atoms with Gasteiger partial charge < -0.3 is 14.4 Å². The monoisotopic (exact) mass is 449 g/mol. The second-order valence-corrected chi connectivity index (χ2v) is 9.37. The van der Waals surface area contributed by atoms with E-state index in [2.05, 4.69) is 35.0 Å². The molecule has 0 spiro atoms. The number of aryl methyl sites for hydroxylation is 1. The second kappa shape index (κ2) is 7.87. The van der Waals surface area contributed by atoms with Gasteiger partial charge in [-0.15, -0.1) is 0 Å². The lowest BCUT2D eigenvalue weighted by Gasteiger charge is -2.36. The van der Waals surface area contributed by atoms with Crippen molar-refractivity contribution in [1.29, 1.82) is 0 Å². The summed E-state index contributed by atoms with van der Waals surface area (Å²) in [6, 6.07) is 23.4. The lowest BCUT2D eigenvalue weighted by molar-refractivity contribution is -0.136. The average Bonchev–Trinajstić information content (AvgIpc) is 3.37. The number of amides is 2. The van der Waals surface area contributed by atoms with Gasteiger partial charge in [-0.2, -0.15) is 0 Å². The van der Waals surface area contributed by atoms with E-state index >= 15 is 0 Å². The quantitative estimate of drug-likeness (QED) is 0.455. The number of rotatable bonds is 3. The third kappa shape index (κ3) is 3.07. The molecule has 2 atom stereocenters. The summed E-state index contributed by atoms with van der Waals surface area (Å²) in [7, 11) is 2.03. The largest absolute Gasteiger partial charge is 0.350 e. The van der Waals surface area contributed by atoms with Crippen molar-refractivity contribution in [3.63, 3.8) is 0 Å². The highest BCUT2D eigenvalue weighted by atomic mass is 16.2. The van der Waals surface area contributed by atoms with E-state index in [1.165, 1.54) is 11.1 Å². The van der Waals surface area contributed by atoms with Crippen LogP contribution in [0.15, 0.2) is 79.0 Å². The molecule has 4 aromatic rings. The van der Waals surface area contributed by atoms with Crippen LogP contribution in [0.2, 0.25) is 0 Å². The lowest BCUT2D eigenvalue weighted by Crippen LogP contribution is -2.49. The van der Waals surface area contributed by atoms with Gasteiger partial charge in [-0.1, -0.05) is 60.7 Å². The topological polar surface area (TPSA) is 45.6 Å². The van der Waals surface area contributed by atoms with Gasteiger partial charge in [0, 0.05) is 48.4 Å². The van der Waals surface area contributed by atoms with Crippen LogP contribution in [0.3, 0.4) is 0 Å². The molecule has 0 unspecified atom stereocenters. The molecule has 0 aliphatic carbocycles. The van der Waals surface area contributed by atoms with Gasteiger partial charge in [0.2, 0.25) is 5.91 Å². The van der Waals surface area contributed by atoms with Crippen LogP contribution >= 0.6 is 0 Å². The average molecular weight is 450 g/mol. The molecule has 3 aromatic carbocycles. The van der Waals surface area contributed by atoms with Crippen molar-refractivity contribution in [3.8, 4) is 0 Å². The Kier molecular flexibility index (Phi) is 4.80. The zero-order valence-corrected chi connectivity index (χ0v) is 19.4. The molecule has 0 saturated carbocycles. The van der Waals surface area contributed by atoms with E-state index in [0.29, 0.717) is 18.7 Å². The predicted octanol–water partition coefficient (Wildman–Crippen LogP) is 4.70. The number of nitrogens with zero attached hydrogens (tertiary/aromatic N) is 3. The number of carbonyl (C=O) groups is 2. The Morgan fingerprint density at radius 2 is 1.62 bits per heavy atom. The van der Waals surface area contributed by atoms with Gasteiger partial charge in [0.1, 0.15) is 6.04 Å². The Balaban J connectivity index is 1.41. The molecule has 0 fully saturated rings. The third-order valence-corrected chi connectivity index (χ3v) is 7.44. The summed E-state index contributed by atoms with van der Waals surface area (Å²) in [5.41, 5.74) is 6.31. The van der Waals surface area contributed by atoms with E-state index in [-0.39, 0.29) is 17.9 Å². The SMILES string of the molecule is C[C@@H](C(=O)N1CCc2ccccc2C1)N1C(=O)c2ccccc2[C@H]1c1cn(C)c2ccccc12. The standard InChI is InChI=1S/C29H27N3O2/c1-19(28(33)31-16-15-20-9-3-4-10-21(20)17-31)32-27(23-12-5-6-13-24(23)29(32)34)25-18-30(2)26-14-8-7-11-22(25)26/h3-14,18-19,27H,15-17H2,1-2H3/t19-,27-/m0/s1. The molecule has 0 N–H and O–H groups in total. The summed E-state index contributed by atoms with van der Waals surface area (Å²) in [6.07, 6.45) is 2.95. The van der Waals surface area contributed by atoms with Crippen LogP contribution in [0.4, 0.5) is 0 Å². The zero-order chi connectivity index (χ0) is 23.4. The third-order valence-electron chi connectivity index (χ3n) is 7.44. The van der Waals surface area contributed by atoms with Crippen molar-refractivity contribution >= 4 is 22.7 Å². The number of benzene rings is 3. The molecule has 1 aromatic heterocycles. The Bertz CT molecular complexity index is 1440. The molecule has 2 aliphatic heterocycles. The predicted molar refractivity (Wildman–Crippen MR) is 132 cm³/mol. The molecule has 2 amide bonds. The second-order valence-electron chi connectivity index (χ2n) is 9.37. The fourth-order valence-corrected chi connectivity index (χ4v) is 5.71. The highest BCUT2D eigenvalue weighted by Gasteiger charge is 2.44. The minimum absolute atomic E-state index is 0.000830. The fraction of sp³-hybridized carbons (Fsp3) is 0.241. The van der Waals surface area contributed by atoms with Crippen LogP contribution in [0.5, 0.6) is 0 Å². The number of para-hydroxylation sites is 1. The van der Waals surface area contributed by atoms with E-state index < -0.39 is 6.04 Å². The summed E-state index contributed by atoms with van der Waals surface area (Å²) >= 11 is 0. The van der Waals surface area contributed by atoms with Gasteiger partial charge in [-0.25, -0.2) is 0 Å². The first-order chi connectivity index (χ1) is 16.5. The van der Waals surface area contributed by atoms with Crippen LogP contribution < -0.4 is 0 Å². The molecular formula is C29H27N3O2. The molecule has 6 rings (SSSR count). The Labute approximate surface area is 199 Å². The van der Waals surface area contributed by atoms with E-state index in [0.717, 1.165) is 28.5 Å². The van der Waals surface area contributed by atoms with Crippen molar-refractivity contribution in [2.24, 2.45) is 7.05 Å². The van der Waals surface area contributed by atoms with Crippen LogP contribution in [-0.2, 0) is 24.8 Å². The molecule has 5 nitrogen and oxygen atoms in total. The fourth-order valence-electron chi connectivity index (χ4n) is 5.71. The number of hydrogen-bond acceptors (Lipinski definition) is 2. The van der Waals surface area contributed by atoms with Crippen molar-refractivity contribution in [2.45, 2.75) is 32.0 Å². The molecule has 5 heteroatoms. The molecule has 170 valence electrons. The van der Waals surface area contributed by atoms with Crippen molar-refractivity contribution < 1.29 is 9.59 Å². The summed E-state index contributed by atoms with van der Waals surface area (Å²) in [6.45, 7) is 3.14. The maximum atomic E-state index is 13.8. The number of hydrogen-bond donors (Lipinski definition) is 0. The van der Waals surface area contributed by atoms with E-state index in [1.807, 2.05) is 67.4 Å². The van der Waals surface area contributed by atoms with Crippen LogP contribution in [0.25, 0.3) is 10.9 Å². The normalized spacial score (nSPS) is 18.2. The summed E-state index contributed by atoms with van der Waals surface area (Å²) in [5.74, 6) is -0.0762. The maximum Gasteiger partial charge on any atom is 0.255 e. The number of aromatic nitrogens is 1.